The molecule has 0 saturated heterocycles. The standard InChI is InChI=1S/C14H13NO2S/c1-17-14-8-10(2-7-13(14)16)9-15-11-3-5-12(18)6-4-11/h2-9,16,18H,1H3. The van der Waals surface area contributed by atoms with Gasteiger partial charge in [-0.15, -0.1) is 12.6 Å². The van der Waals surface area contributed by atoms with E-state index in [9.17, 15) is 5.11 Å². The van der Waals surface area contributed by atoms with Crippen LogP contribution in [0.4, 0.5) is 5.69 Å². The molecule has 0 spiro atoms. The molecule has 1 N–H and O–H groups in total. The van der Waals surface area contributed by atoms with Crippen molar-refractivity contribution in [3.05, 3.63) is 48.0 Å². The molecule has 0 aliphatic rings. The number of benzene rings is 2. The average molecular weight is 259 g/mol. The van der Waals surface area contributed by atoms with Crippen molar-refractivity contribution in [1.82, 2.24) is 0 Å². The van der Waals surface area contributed by atoms with Gasteiger partial charge >= 0.3 is 0 Å². The lowest BCUT2D eigenvalue weighted by Crippen LogP contribution is -1.86. The highest BCUT2D eigenvalue weighted by Crippen LogP contribution is 2.25. The summed E-state index contributed by atoms with van der Waals surface area (Å²) in [6.45, 7) is 0. The van der Waals surface area contributed by atoms with Gasteiger partial charge < -0.3 is 9.84 Å². The Kier molecular flexibility index (Phi) is 3.89. The second kappa shape index (κ2) is 5.60. The van der Waals surface area contributed by atoms with Gasteiger partial charge in [-0.3, -0.25) is 4.99 Å². The Morgan fingerprint density at radius 1 is 1.17 bits per heavy atom. The van der Waals surface area contributed by atoms with Gasteiger partial charge in [-0.25, -0.2) is 0 Å². The van der Waals surface area contributed by atoms with E-state index in [0.717, 1.165) is 16.1 Å². The van der Waals surface area contributed by atoms with Gasteiger partial charge in [0.2, 0.25) is 0 Å². The summed E-state index contributed by atoms with van der Waals surface area (Å²) in [4.78, 5) is 5.23. The van der Waals surface area contributed by atoms with E-state index in [-0.39, 0.29) is 5.75 Å². The number of rotatable bonds is 3. The number of nitrogens with zero attached hydrogens (tertiary/aromatic N) is 1. The van der Waals surface area contributed by atoms with Crippen LogP contribution in [0.2, 0.25) is 0 Å². The van der Waals surface area contributed by atoms with E-state index >= 15 is 0 Å². The van der Waals surface area contributed by atoms with Crippen molar-refractivity contribution < 1.29 is 9.84 Å². The van der Waals surface area contributed by atoms with Gasteiger partial charge in [0.1, 0.15) is 0 Å². The molecule has 0 saturated carbocycles. The molecule has 3 nitrogen and oxygen atoms in total. The molecular weight excluding hydrogens is 246 g/mol. The molecule has 0 fully saturated rings. The Hall–Kier alpha value is -1.94. The van der Waals surface area contributed by atoms with Crippen LogP contribution < -0.4 is 4.74 Å². The van der Waals surface area contributed by atoms with Gasteiger partial charge in [-0.2, -0.15) is 0 Å². The van der Waals surface area contributed by atoms with Gasteiger partial charge in [-0.1, -0.05) is 0 Å². The summed E-state index contributed by atoms with van der Waals surface area (Å²) in [5, 5.41) is 9.47. The number of aromatic hydroxyl groups is 1. The summed E-state index contributed by atoms with van der Waals surface area (Å²) in [5.41, 5.74) is 1.71. The zero-order valence-electron chi connectivity index (χ0n) is 9.87. The number of thiol groups is 1. The Morgan fingerprint density at radius 3 is 2.56 bits per heavy atom. The highest BCUT2D eigenvalue weighted by Gasteiger charge is 2.00. The van der Waals surface area contributed by atoms with Gasteiger partial charge in [-0.05, 0) is 48.0 Å². The number of phenols is 1. The summed E-state index contributed by atoms with van der Waals surface area (Å²) in [6.07, 6.45) is 1.72. The summed E-state index contributed by atoms with van der Waals surface area (Å²) >= 11 is 4.21. The Bertz CT molecular complexity index is 565. The fourth-order valence-corrected chi connectivity index (χ4v) is 1.61. The third-order valence-electron chi connectivity index (χ3n) is 2.42. The van der Waals surface area contributed by atoms with Crippen LogP contribution in [0.3, 0.4) is 0 Å². The van der Waals surface area contributed by atoms with Crippen molar-refractivity contribution in [1.29, 1.82) is 0 Å². The number of ether oxygens (including phenoxy) is 1. The largest absolute Gasteiger partial charge is 0.504 e. The normalized spacial score (nSPS) is 10.8. The molecule has 0 aliphatic heterocycles. The average Bonchev–Trinajstić information content (AvgIpc) is 2.39. The molecule has 2 rings (SSSR count). The van der Waals surface area contributed by atoms with Crippen LogP contribution in [-0.2, 0) is 0 Å². The Morgan fingerprint density at radius 2 is 1.89 bits per heavy atom. The number of hydrogen-bond donors (Lipinski definition) is 2. The van der Waals surface area contributed by atoms with E-state index in [1.54, 1.807) is 24.4 Å². The molecule has 2 aromatic carbocycles. The van der Waals surface area contributed by atoms with Gasteiger partial charge in [0.25, 0.3) is 0 Å². The Labute approximate surface area is 111 Å². The van der Waals surface area contributed by atoms with Crippen molar-refractivity contribution in [3.63, 3.8) is 0 Å². The Balaban J connectivity index is 2.20. The monoisotopic (exact) mass is 259 g/mol. The SMILES string of the molecule is COc1cc(C=Nc2ccc(S)cc2)ccc1O. The summed E-state index contributed by atoms with van der Waals surface area (Å²) in [7, 11) is 1.52. The molecule has 0 heterocycles. The fourth-order valence-electron chi connectivity index (χ4n) is 1.46. The van der Waals surface area contributed by atoms with E-state index in [0.29, 0.717) is 5.75 Å². The first-order valence-corrected chi connectivity index (χ1v) is 5.84. The molecule has 0 atom stereocenters. The molecule has 2 aromatic rings. The molecule has 0 amide bonds. The fraction of sp³-hybridized carbons (Fsp3) is 0.0714. The lowest BCUT2D eigenvalue weighted by molar-refractivity contribution is 0.373. The lowest BCUT2D eigenvalue weighted by Gasteiger charge is -2.03. The molecule has 0 bridgehead atoms. The predicted octanol–water partition coefficient (Wildman–Crippen LogP) is 3.44. The topological polar surface area (TPSA) is 41.8 Å². The molecule has 4 heteroatoms. The molecular formula is C14H13NO2S. The third kappa shape index (κ3) is 3.05. The van der Waals surface area contributed by atoms with Crippen molar-refractivity contribution >= 4 is 24.5 Å². The third-order valence-corrected chi connectivity index (χ3v) is 2.71. The second-order valence-electron chi connectivity index (χ2n) is 3.71. The maximum absolute atomic E-state index is 9.47. The number of aliphatic imine (C=N–C) groups is 1. The minimum absolute atomic E-state index is 0.120. The van der Waals surface area contributed by atoms with Gasteiger partial charge in [0.05, 0.1) is 12.8 Å². The quantitative estimate of drug-likeness (QED) is 0.655. The van der Waals surface area contributed by atoms with Crippen molar-refractivity contribution in [2.45, 2.75) is 4.90 Å². The molecule has 0 aliphatic carbocycles. The van der Waals surface area contributed by atoms with Crippen molar-refractivity contribution in [3.8, 4) is 11.5 Å². The van der Waals surface area contributed by atoms with Gasteiger partial charge in [0, 0.05) is 11.1 Å². The first-order chi connectivity index (χ1) is 8.69. The molecule has 0 unspecified atom stereocenters. The second-order valence-corrected chi connectivity index (χ2v) is 4.22. The number of phenolic OH excluding ortho intramolecular Hbond substituents is 1. The molecule has 0 aromatic heterocycles. The van der Waals surface area contributed by atoms with Crippen molar-refractivity contribution in [2.75, 3.05) is 7.11 Å². The first kappa shape index (κ1) is 12.5. The van der Waals surface area contributed by atoms with Crippen LogP contribution in [0.25, 0.3) is 0 Å². The minimum atomic E-state index is 0.120. The zero-order chi connectivity index (χ0) is 13.0. The van der Waals surface area contributed by atoms with Crippen LogP contribution in [0, 0.1) is 0 Å². The summed E-state index contributed by atoms with van der Waals surface area (Å²) in [6, 6.07) is 12.6. The van der Waals surface area contributed by atoms with Crippen LogP contribution in [0.5, 0.6) is 11.5 Å². The number of hydrogen-bond acceptors (Lipinski definition) is 4. The molecule has 18 heavy (non-hydrogen) atoms. The van der Waals surface area contributed by atoms with Crippen LogP contribution in [0.1, 0.15) is 5.56 Å². The van der Waals surface area contributed by atoms with E-state index in [1.807, 2.05) is 24.3 Å². The van der Waals surface area contributed by atoms with E-state index in [1.165, 1.54) is 7.11 Å². The van der Waals surface area contributed by atoms with E-state index < -0.39 is 0 Å². The smallest absolute Gasteiger partial charge is 0.161 e. The van der Waals surface area contributed by atoms with E-state index in [2.05, 4.69) is 17.6 Å². The predicted molar refractivity (Wildman–Crippen MR) is 75.6 cm³/mol. The minimum Gasteiger partial charge on any atom is -0.504 e. The first-order valence-electron chi connectivity index (χ1n) is 5.39. The van der Waals surface area contributed by atoms with Crippen LogP contribution in [-0.4, -0.2) is 18.4 Å². The lowest BCUT2D eigenvalue weighted by atomic mass is 10.2. The van der Waals surface area contributed by atoms with Gasteiger partial charge in [0.15, 0.2) is 11.5 Å². The van der Waals surface area contributed by atoms with Crippen LogP contribution in [0.15, 0.2) is 52.4 Å². The molecule has 0 radical (unpaired) electrons. The highest BCUT2D eigenvalue weighted by molar-refractivity contribution is 7.80. The molecule has 92 valence electrons. The maximum Gasteiger partial charge on any atom is 0.161 e. The van der Waals surface area contributed by atoms with E-state index in [4.69, 9.17) is 4.74 Å². The zero-order valence-corrected chi connectivity index (χ0v) is 10.8. The van der Waals surface area contributed by atoms with Crippen LogP contribution >= 0.6 is 12.6 Å². The van der Waals surface area contributed by atoms with Crippen molar-refractivity contribution in [2.24, 2.45) is 4.99 Å². The summed E-state index contributed by atoms with van der Waals surface area (Å²) < 4.78 is 5.03. The maximum atomic E-state index is 9.47. The highest BCUT2D eigenvalue weighted by atomic mass is 32.1. The number of methoxy groups -OCH3 is 1. The summed E-state index contributed by atoms with van der Waals surface area (Å²) in [5.74, 6) is 0.554.